The molecule has 1 aliphatic rings. The van der Waals surface area contributed by atoms with Gasteiger partial charge in [-0.05, 0) is 18.6 Å². The molecule has 20 heavy (non-hydrogen) atoms. The van der Waals surface area contributed by atoms with Crippen LogP contribution in [0.25, 0.3) is 0 Å². The van der Waals surface area contributed by atoms with Gasteiger partial charge in [0.2, 0.25) is 0 Å². The number of sulfone groups is 1. The Morgan fingerprint density at radius 1 is 1.40 bits per heavy atom. The third-order valence-corrected chi connectivity index (χ3v) is 5.37. The van der Waals surface area contributed by atoms with Crippen LogP contribution in [0.5, 0.6) is 0 Å². The molecule has 7 heteroatoms. The highest BCUT2D eigenvalue weighted by Crippen LogP contribution is 2.32. The van der Waals surface area contributed by atoms with E-state index in [1.807, 2.05) is 23.6 Å². The number of nitrogens with zero attached hydrogens (tertiary/aromatic N) is 3. The van der Waals surface area contributed by atoms with Crippen LogP contribution in [-0.2, 0) is 22.9 Å². The minimum Gasteiger partial charge on any atom is -0.317 e. The second-order valence-electron chi connectivity index (χ2n) is 4.79. The van der Waals surface area contributed by atoms with Crippen molar-refractivity contribution in [2.75, 3.05) is 5.75 Å². The van der Waals surface area contributed by atoms with Gasteiger partial charge in [0, 0.05) is 12.6 Å². The number of benzene rings is 1. The molecular weight excluding hydrogens is 276 g/mol. The predicted molar refractivity (Wildman–Crippen MR) is 73.8 cm³/mol. The fraction of sp³-hybridized carbons (Fsp3) is 0.385. The summed E-state index contributed by atoms with van der Waals surface area (Å²) in [6.07, 6.45) is 1.68. The molecule has 1 unspecified atom stereocenters. The van der Waals surface area contributed by atoms with Crippen molar-refractivity contribution in [3.63, 3.8) is 0 Å². The molecule has 1 atom stereocenters. The smallest absolute Gasteiger partial charge is 0.180 e. The van der Waals surface area contributed by atoms with Gasteiger partial charge in [0.1, 0.15) is 12.2 Å². The number of hydrogen-bond acceptors (Lipinski definition) is 5. The summed E-state index contributed by atoms with van der Waals surface area (Å²) in [6.45, 7) is 3.31. The third-order valence-electron chi connectivity index (χ3n) is 3.56. The van der Waals surface area contributed by atoms with E-state index >= 15 is 0 Å². The number of rotatable bonds is 4. The number of aromatic nitrogens is 3. The molecule has 0 aliphatic carbocycles. The van der Waals surface area contributed by atoms with E-state index in [1.54, 1.807) is 18.5 Å². The summed E-state index contributed by atoms with van der Waals surface area (Å²) in [7, 11) is -3.17. The lowest BCUT2D eigenvalue weighted by molar-refractivity contribution is 0.539. The Balaban J connectivity index is 1.80. The normalized spacial score (nSPS) is 19.9. The van der Waals surface area contributed by atoms with Gasteiger partial charge in [-0.1, -0.05) is 18.2 Å². The summed E-state index contributed by atoms with van der Waals surface area (Å²) >= 11 is 0. The Morgan fingerprint density at radius 3 is 3.00 bits per heavy atom. The lowest BCUT2D eigenvalue weighted by atomic mass is 10.1. The van der Waals surface area contributed by atoms with Crippen LogP contribution >= 0.6 is 0 Å². The van der Waals surface area contributed by atoms with Gasteiger partial charge < -0.3 is 9.88 Å². The molecule has 0 bridgehead atoms. The second kappa shape index (κ2) is 4.99. The molecule has 0 amide bonds. The maximum absolute atomic E-state index is 12.1. The monoisotopic (exact) mass is 292 g/mol. The minimum absolute atomic E-state index is 0.104. The van der Waals surface area contributed by atoms with Crippen molar-refractivity contribution in [3.8, 4) is 0 Å². The van der Waals surface area contributed by atoms with Crippen LogP contribution in [0.3, 0.4) is 0 Å². The molecule has 1 aromatic carbocycles. The molecule has 2 heterocycles. The predicted octanol–water partition coefficient (Wildman–Crippen LogP) is 0.916. The van der Waals surface area contributed by atoms with Crippen molar-refractivity contribution >= 4 is 9.84 Å². The average Bonchev–Trinajstić information content (AvgIpc) is 3.00. The minimum atomic E-state index is -3.17. The van der Waals surface area contributed by atoms with Crippen molar-refractivity contribution in [3.05, 3.63) is 42.0 Å². The lowest BCUT2D eigenvalue weighted by Gasteiger charge is -2.12. The van der Waals surface area contributed by atoms with Crippen LogP contribution < -0.4 is 5.32 Å². The van der Waals surface area contributed by atoms with E-state index in [0.29, 0.717) is 11.4 Å². The first-order chi connectivity index (χ1) is 9.62. The van der Waals surface area contributed by atoms with Gasteiger partial charge in [-0.15, -0.1) is 10.2 Å². The summed E-state index contributed by atoms with van der Waals surface area (Å²) < 4.78 is 26.1. The largest absolute Gasteiger partial charge is 0.317 e. The molecule has 1 N–H and O–H groups in total. The topological polar surface area (TPSA) is 76.9 Å². The van der Waals surface area contributed by atoms with Crippen molar-refractivity contribution < 1.29 is 8.42 Å². The van der Waals surface area contributed by atoms with Crippen LogP contribution in [-0.4, -0.2) is 28.9 Å². The Bertz CT molecular complexity index is 723. The van der Waals surface area contributed by atoms with Gasteiger partial charge >= 0.3 is 0 Å². The van der Waals surface area contributed by atoms with Crippen molar-refractivity contribution in [2.45, 2.75) is 31.0 Å². The van der Waals surface area contributed by atoms with Crippen LogP contribution in [0.2, 0.25) is 0 Å². The summed E-state index contributed by atoms with van der Waals surface area (Å²) in [6, 6.07) is 6.97. The van der Waals surface area contributed by atoms with Gasteiger partial charge in [-0.2, -0.15) is 0 Å². The Labute approximate surface area is 117 Å². The highest BCUT2D eigenvalue weighted by atomic mass is 32.2. The number of nitrogens with one attached hydrogen (secondary N) is 1. The second-order valence-corrected chi connectivity index (χ2v) is 6.79. The number of aryl methyl sites for hydroxylation is 1. The first-order valence-corrected chi connectivity index (χ1v) is 8.19. The van der Waals surface area contributed by atoms with Gasteiger partial charge in [0.25, 0.3) is 0 Å². The summed E-state index contributed by atoms with van der Waals surface area (Å²) in [5, 5.41) is 11.2. The van der Waals surface area contributed by atoms with E-state index in [4.69, 9.17) is 0 Å². The molecule has 3 rings (SSSR count). The highest BCUT2D eigenvalue weighted by Gasteiger charge is 2.34. The lowest BCUT2D eigenvalue weighted by Crippen LogP contribution is -2.24. The van der Waals surface area contributed by atoms with E-state index in [2.05, 4.69) is 15.5 Å². The van der Waals surface area contributed by atoms with Crippen LogP contribution in [0.4, 0.5) is 0 Å². The summed E-state index contributed by atoms with van der Waals surface area (Å²) in [5.41, 5.74) is 0.843. The standard InChI is InChI=1S/C13H16N4O2S/c1-2-17-9-15-16-13(17)7-14-11-8-20(18,19)12-6-4-3-5-10(11)12/h3-6,9,11,14H,2,7-8H2,1H3. The molecule has 2 aromatic rings. The molecule has 0 radical (unpaired) electrons. The van der Waals surface area contributed by atoms with Crippen molar-refractivity contribution in [1.82, 2.24) is 20.1 Å². The molecule has 0 fully saturated rings. The van der Waals surface area contributed by atoms with Crippen molar-refractivity contribution in [2.24, 2.45) is 0 Å². The molecule has 0 saturated carbocycles. The third kappa shape index (κ3) is 2.23. The van der Waals surface area contributed by atoms with E-state index in [9.17, 15) is 8.42 Å². The highest BCUT2D eigenvalue weighted by molar-refractivity contribution is 7.91. The molecule has 0 spiro atoms. The first-order valence-electron chi connectivity index (χ1n) is 6.53. The molecule has 6 nitrogen and oxygen atoms in total. The molecule has 1 aromatic heterocycles. The zero-order valence-electron chi connectivity index (χ0n) is 11.2. The zero-order chi connectivity index (χ0) is 14.2. The number of hydrogen-bond donors (Lipinski definition) is 1. The fourth-order valence-corrected chi connectivity index (χ4v) is 4.29. The van der Waals surface area contributed by atoms with Crippen LogP contribution in [0, 0.1) is 0 Å². The fourth-order valence-electron chi connectivity index (χ4n) is 2.51. The summed E-state index contributed by atoms with van der Waals surface area (Å²) in [5.74, 6) is 0.918. The summed E-state index contributed by atoms with van der Waals surface area (Å²) in [4.78, 5) is 0.439. The van der Waals surface area contributed by atoms with Crippen LogP contribution in [0.15, 0.2) is 35.5 Å². The first kappa shape index (κ1) is 13.3. The quantitative estimate of drug-likeness (QED) is 0.906. The maximum atomic E-state index is 12.1. The van der Waals surface area contributed by atoms with E-state index in [-0.39, 0.29) is 11.8 Å². The zero-order valence-corrected chi connectivity index (χ0v) is 12.0. The Morgan fingerprint density at radius 2 is 2.20 bits per heavy atom. The molecular formula is C13H16N4O2S. The van der Waals surface area contributed by atoms with E-state index < -0.39 is 9.84 Å². The van der Waals surface area contributed by atoms with E-state index in [1.165, 1.54) is 0 Å². The Kier molecular flexibility index (Phi) is 3.31. The molecule has 0 saturated heterocycles. The Hall–Kier alpha value is -1.73. The van der Waals surface area contributed by atoms with Crippen molar-refractivity contribution in [1.29, 1.82) is 0 Å². The SMILES string of the molecule is CCn1cnnc1CNC1CS(=O)(=O)c2ccccc21. The molecule has 1 aliphatic heterocycles. The van der Waals surface area contributed by atoms with Gasteiger partial charge in [0.15, 0.2) is 9.84 Å². The van der Waals surface area contributed by atoms with Crippen LogP contribution in [0.1, 0.15) is 24.4 Å². The number of fused-ring (bicyclic) bond motifs is 1. The van der Waals surface area contributed by atoms with E-state index in [0.717, 1.165) is 17.9 Å². The van der Waals surface area contributed by atoms with Gasteiger partial charge in [0.05, 0.1) is 17.2 Å². The van der Waals surface area contributed by atoms with Gasteiger partial charge in [-0.25, -0.2) is 8.42 Å². The maximum Gasteiger partial charge on any atom is 0.180 e. The van der Waals surface area contributed by atoms with Gasteiger partial charge in [-0.3, -0.25) is 0 Å². The molecule has 106 valence electrons. The average molecular weight is 292 g/mol.